The number of anilines is 1. The molecule has 2 aromatic carbocycles. The van der Waals surface area contributed by atoms with Crippen LogP contribution in [-0.2, 0) is 4.79 Å². The lowest BCUT2D eigenvalue weighted by molar-refractivity contribution is -0.118. The molecule has 1 atom stereocenters. The van der Waals surface area contributed by atoms with Crippen molar-refractivity contribution in [3.8, 4) is 22.4 Å². The normalized spacial score (nSPS) is 15.1. The van der Waals surface area contributed by atoms with Gasteiger partial charge in [-0.05, 0) is 35.4 Å². The van der Waals surface area contributed by atoms with Crippen LogP contribution in [0.1, 0.15) is 56.7 Å². The van der Waals surface area contributed by atoms with E-state index < -0.39 is 5.41 Å². The molecule has 0 bridgehead atoms. The molecule has 0 saturated heterocycles. The van der Waals surface area contributed by atoms with Gasteiger partial charge in [0.05, 0.1) is 16.1 Å². The number of rotatable bonds is 6. The van der Waals surface area contributed by atoms with Crippen molar-refractivity contribution in [1.29, 1.82) is 0 Å². The molecule has 40 heavy (non-hydrogen) atoms. The van der Waals surface area contributed by atoms with E-state index in [0.717, 1.165) is 16.7 Å². The van der Waals surface area contributed by atoms with Gasteiger partial charge < -0.3 is 15.2 Å². The number of hydrogen-bond donors (Lipinski definition) is 2. The number of carbonyl (C=O) groups excluding carboxylic acids is 2. The van der Waals surface area contributed by atoms with Crippen LogP contribution in [0, 0.1) is 11.3 Å². The van der Waals surface area contributed by atoms with Gasteiger partial charge in [0.15, 0.2) is 5.76 Å². The van der Waals surface area contributed by atoms with Gasteiger partial charge >= 0.3 is 0 Å². The van der Waals surface area contributed by atoms with E-state index in [1.807, 2.05) is 42.6 Å². The first-order valence-electron chi connectivity index (χ1n) is 13.1. The summed E-state index contributed by atoms with van der Waals surface area (Å²) in [5.41, 5.74) is 6.68. The van der Waals surface area contributed by atoms with E-state index in [-0.39, 0.29) is 35.0 Å². The quantitative estimate of drug-likeness (QED) is 0.227. The van der Waals surface area contributed by atoms with Gasteiger partial charge in [-0.25, -0.2) is 4.98 Å². The molecule has 1 unspecified atom stereocenters. The fourth-order valence-electron chi connectivity index (χ4n) is 4.47. The molecule has 4 aromatic rings. The molecule has 0 saturated carbocycles. The minimum absolute atomic E-state index is 0.0673. The Labute approximate surface area is 243 Å². The van der Waals surface area contributed by atoms with Crippen LogP contribution >= 0.6 is 23.2 Å². The summed E-state index contributed by atoms with van der Waals surface area (Å²) in [6.45, 7) is 9.70. The van der Waals surface area contributed by atoms with Crippen molar-refractivity contribution < 1.29 is 14.0 Å². The number of amides is 1. The molecule has 1 aliphatic heterocycles. The topological polar surface area (TPSA) is 96.6 Å². The smallest absolute Gasteiger partial charge is 0.229 e. The number of ketones is 1. The number of Topliss-reactive ketones (excluding diaryl/α,β-unsaturated/α-hetero) is 1. The van der Waals surface area contributed by atoms with E-state index in [4.69, 9.17) is 32.6 Å². The van der Waals surface area contributed by atoms with E-state index >= 15 is 0 Å². The lowest BCUT2D eigenvalue weighted by atomic mass is 9.88. The van der Waals surface area contributed by atoms with Crippen LogP contribution in [0.4, 0.5) is 5.69 Å². The Morgan fingerprint density at radius 1 is 1.05 bits per heavy atom. The van der Waals surface area contributed by atoms with Crippen molar-refractivity contribution in [1.82, 2.24) is 10.4 Å². The SMILES string of the molecule is CC(C)C(=O)Nc1c(C(=O)C(C)(C)C)oc2nc(-c3ccc(C4C=NNC4)cc3Cl)c(-c3ccc(Cl)cc3)cc12. The molecular formula is C31H30Cl2N4O3. The summed E-state index contributed by atoms with van der Waals surface area (Å²) in [5.74, 6) is -0.582. The zero-order chi connectivity index (χ0) is 28.8. The maximum atomic E-state index is 13.4. The van der Waals surface area contributed by atoms with Crippen molar-refractivity contribution in [2.45, 2.75) is 40.5 Å². The van der Waals surface area contributed by atoms with Gasteiger partial charge in [0.1, 0.15) is 5.69 Å². The largest absolute Gasteiger partial charge is 0.432 e. The number of hydrazone groups is 1. The number of nitrogens with zero attached hydrogens (tertiary/aromatic N) is 2. The highest BCUT2D eigenvalue weighted by Gasteiger charge is 2.32. The maximum Gasteiger partial charge on any atom is 0.229 e. The van der Waals surface area contributed by atoms with Gasteiger partial charge in [-0.2, -0.15) is 5.10 Å². The Balaban J connectivity index is 1.76. The van der Waals surface area contributed by atoms with Crippen molar-refractivity contribution in [2.75, 3.05) is 11.9 Å². The van der Waals surface area contributed by atoms with Gasteiger partial charge in [-0.15, -0.1) is 0 Å². The minimum Gasteiger partial charge on any atom is -0.432 e. The number of fused-ring (bicyclic) bond motifs is 1. The number of hydrogen-bond acceptors (Lipinski definition) is 6. The second-order valence-electron chi connectivity index (χ2n) is 11.3. The number of carbonyl (C=O) groups is 2. The molecule has 0 aliphatic carbocycles. The number of furan rings is 1. The number of nitrogens with one attached hydrogen (secondary N) is 2. The third-order valence-electron chi connectivity index (χ3n) is 6.83. The van der Waals surface area contributed by atoms with Crippen LogP contribution in [0.25, 0.3) is 33.5 Å². The molecule has 1 amide bonds. The van der Waals surface area contributed by atoms with Crippen LogP contribution in [0.3, 0.4) is 0 Å². The first-order chi connectivity index (χ1) is 18.9. The van der Waals surface area contributed by atoms with Crippen molar-refractivity contribution in [3.05, 3.63) is 69.9 Å². The van der Waals surface area contributed by atoms with Crippen molar-refractivity contribution >= 4 is 57.9 Å². The Morgan fingerprint density at radius 3 is 2.38 bits per heavy atom. The minimum atomic E-state index is -0.745. The molecule has 5 rings (SSSR count). The Morgan fingerprint density at radius 2 is 1.77 bits per heavy atom. The van der Waals surface area contributed by atoms with Gasteiger partial charge in [0.2, 0.25) is 17.4 Å². The molecule has 0 spiro atoms. The third-order valence-corrected chi connectivity index (χ3v) is 7.40. The highest BCUT2D eigenvalue weighted by Crippen LogP contribution is 2.42. The summed E-state index contributed by atoms with van der Waals surface area (Å²) in [6.07, 6.45) is 1.86. The monoisotopic (exact) mass is 576 g/mol. The number of halogens is 2. The Bertz CT molecular complexity index is 1650. The Hall–Kier alpha value is -3.68. The lowest BCUT2D eigenvalue weighted by Gasteiger charge is -2.16. The van der Waals surface area contributed by atoms with Gasteiger partial charge in [-0.3, -0.25) is 9.59 Å². The highest BCUT2D eigenvalue weighted by molar-refractivity contribution is 6.33. The molecular weight excluding hydrogens is 547 g/mol. The first-order valence-corrected chi connectivity index (χ1v) is 13.8. The fraction of sp³-hybridized carbons (Fsp3) is 0.290. The van der Waals surface area contributed by atoms with Crippen LogP contribution in [0.15, 0.2) is 58.0 Å². The van der Waals surface area contributed by atoms with Crippen LogP contribution in [0.2, 0.25) is 10.0 Å². The van der Waals surface area contributed by atoms with Crippen LogP contribution < -0.4 is 10.7 Å². The standard InChI is InChI=1S/C31H30Cl2N4O3/c1-16(2)29(39)36-26-23-13-22(17-6-9-20(32)10-7-17)25(37-30(23)40-27(26)28(38)31(3,4)5)21-11-8-18(12-24(21)33)19-14-34-35-15-19/h6-14,16,19,35H,15H2,1-5H3,(H,36,39). The lowest BCUT2D eigenvalue weighted by Crippen LogP contribution is -2.23. The van der Waals surface area contributed by atoms with Crippen molar-refractivity contribution in [2.24, 2.45) is 16.4 Å². The number of benzene rings is 2. The van der Waals surface area contributed by atoms with Crippen molar-refractivity contribution in [3.63, 3.8) is 0 Å². The molecule has 9 heteroatoms. The summed E-state index contributed by atoms with van der Waals surface area (Å²) in [6, 6.07) is 15.1. The predicted octanol–water partition coefficient (Wildman–Crippen LogP) is 7.96. The molecule has 2 N–H and O–H groups in total. The zero-order valence-electron chi connectivity index (χ0n) is 22.9. The van der Waals surface area contributed by atoms with Gasteiger partial charge in [-0.1, -0.05) is 82.1 Å². The van der Waals surface area contributed by atoms with Gasteiger partial charge in [0.25, 0.3) is 0 Å². The fourth-order valence-corrected chi connectivity index (χ4v) is 4.88. The molecule has 3 heterocycles. The molecule has 7 nitrogen and oxygen atoms in total. The summed E-state index contributed by atoms with van der Waals surface area (Å²) >= 11 is 13.1. The maximum absolute atomic E-state index is 13.4. The summed E-state index contributed by atoms with van der Waals surface area (Å²) in [4.78, 5) is 31.2. The average Bonchev–Trinajstić information content (AvgIpc) is 3.56. The summed E-state index contributed by atoms with van der Waals surface area (Å²) < 4.78 is 6.12. The predicted molar refractivity (Wildman–Crippen MR) is 161 cm³/mol. The molecule has 206 valence electrons. The number of aromatic nitrogens is 1. The zero-order valence-corrected chi connectivity index (χ0v) is 24.4. The summed E-state index contributed by atoms with van der Waals surface area (Å²) in [7, 11) is 0. The second-order valence-corrected chi connectivity index (χ2v) is 12.1. The van der Waals surface area contributed by atoms with E-state index in [1.54, 1.807) is 46.8 Å². The third kappa shape index (κ3) is 5.36. The Kier molecular flexibility index (Phi) is 7.46. The van der Waals surface area contributed by atoms with Crippen LogP contribution in [0.5, 0.6) is 0 Å². The molecule has 1 aliphatic rings. The molecule has 0 radical (unpaired) electrons. The second kappa shape index (κ2) is 10.7. The van der Waals surface area contributed by atoms with E-state index in [9.17, 15) is 9.59 Å². The average molecular weight is 578 g/mol. The molecule has 2 aromatic heterocycles. The molecule has 0 fully saturated rings. The van der Waals surface area contributed by atoms with E-state index in [0.29, 0.717) is 38.9 Å². The van der Waals surface area contributed by atoms with E-state index in [2.05, 4.69) is 15.8 Å². The van der Waals surface area contributed by atoms with Gasteiger partial charge in [0, 0.05) is 46.2 Å². The summed E-state index contributed by atoms with van der Waals surface area (Å²) in [5, 5.41) is 8.67. The van der Waals surface area contributed by atoms with Crippen LogP contribution in [-0.4, -0.2) is 29.4 Å². The highest BCUT2D eigenvalue weighted by atomic mass is 35.5. The number of pyridine rings is 1. The van der Waals surface area contributed by atoms with E-state index in [1.165, 1.54) is 0 Å². The first kappa shape index (κ1) is 27.9.